The maximum absolute atomic E-state index is 11.9. The predicted molar refractivity (Wildman–Crippen MR) is 84.8 cm³/mol. The van der Waals surface area contributed by atoms with Gasteiger partial charge in [0.25, 0.3) is 5.56 Å². The van der Waals surface area contributed by atoms with Crippen molar-refractivity contribution in [1.82, 2.24) is 9.38 Å². The van der Waals surface area contributed by atoms with Crippen molar-refractivity contribution in [1.29, 1.82) is 0 Å². The number of hydrogen-bond donors (Lipinski definition) is 1. The van der Waals surface area contributed by atoms with Crippen molar-refractivity contribution < 1.29 is 0 Å². The number of nitrogens with zero attached hydrogens (tertiary/aromatic N) is 2. The minimum Gasteiger partial charge on any atom is -0.399 e. The minimum atomic E-state index is -0.0643. The number of benzene rings is 1. The Morgan fingerprint density at radius 3 is 3.10 bits per heavy atom. The molecule has 20 heavy (non-hydrogen) atoms. The number of anilines is 1. The second kappa shape index (κ2) is 5.47. The molecule has 2 heterocycles. The van der Waals surface area contributed by atoms with Gasteiger partial charge in [-0.2, -0.15) is 0 Å². The normalized spacial score (nSPS) is 11.1. The molecule has 1 aromatic carbocycles. The summed E-state index contributed by atoms with van der Waals surface area (Å²) in [5.41, 5.74) is 7.08. The van der Waals surface area contributed by atoms with Crippen LogP contribution in [0.25, 0.3) is 4.96 Å². The van der Waals surface area contributed by atoms with Crippen LogP contribution in [0.1, 0.15) is 5.69 Å². The Balaban J connectivity index is 1.86. The lowest BCUT2D eigenvalue weighted by molar-refractivity contribution is 1.04. The fourth-order valence-corrected chi connectivity index (χ4v) is 3.64. The van der Waals surface area contributed by atoms with E-state index in [0.29, 0.717) is 21.4 Å². The molecule has 4 nitrogen and oxygen atoms in total. The lowest BCUT2D eigenvalue weighted by Gasteiger charge is -2.05. The van der Waals surface area contributed by atoms with Gasteiger partial charge in [0.1, 0.15) is 0 Å². The number of halogens is 1. The van der Waals surface area contributed by atoms with Gasteiger partial charge in [-0.1, -0.05) is 11.6 Å². The molecule has 2 N–H and O–H groups in total. The molecule has 0 aliphatic heterocycles. The van der Waals surface area contributed by atoms with Crippen molar-refractivity contribution in [2.75, 3.05) is 5.73 Å². The van der Waals surface area contributed by atoms with Crippen LogP contribution < -0.4 is 11.3 Å². The number of rotatable bonds is 3. The van der Waals surface area contributed by atoms with Crippen LogP contribution in [0, 0.1) is 0 Å². The van der Waals surface area contributed by atoms with Crippen LogP contribution in [0.4, 0.5) is 5.69 Å². The Hall–Kier alpha value is -1.50. The monoisotopic (exact) mass is 323 g/mol. The molecular weight excluding hydrogens is 314 g/mol. The summed E-state index contributed by atoms with van der Waals surface area (Å²) in [5.74, 6) is 0.576. The van der Waals surface area contributed by atoms with E-state index in [-0.39, 0.29) is 5.56 Å². The number of nitrogens with two attached hydrogens (primary N) is 1. The van der Waals surface area contributed by atoms with Gasteiger partial charge >= 0.3 is 0 Å². The van der Waals surface area contributed by atoms with E-state index >= 15 is 0 Å². The van der Waals surface area contributed by atoms with Gasteiger partial charge in [0.15, 0.2) is 4.96 Å². The van der Waals surface area contributed by atoms with E-state index in [1.807, 2.05) is 11.4 Å². The van der Waals surface area contributed by atoms with E-state index < -0.39 is 0 Å². The average molecular weight is 324 g/mol. The zero-order valence-electron chi connectivity index (χ0n) is 10.2. The summed E-state index contributed by atoms with van der Waals surface area (Å²) in [6.07, 6.45) is 1.72. The van der Waals surface area contributed by atoms with Crippen LogP contribution >= 0.6 is 34.7 Å². The maximum Gasteiger partial charge on any atom is 0.258 e. The molecular formula is C13H10ClN3OS2. The molecule has 3 rings (SSSR count). The summed E-state index contributed by atoms with van der Waals surface area (Å²) >= 11 is 9.07. The fourth-order valence-electron chi connectivity index (χ4n) is 1.74. The van der Waals surface area contributed by atoms with Crippen molar-refractivity contribution in [2.45, 2.75) is 10.6 Å². The number of hydrogen-bond acceptors (Lipinski definition) is 5. The summed E-state index contributed by atoms with van der Waals surface area (Å²) in [4.78, 5) is 17.9. The molecule has 102 valence electrons. The second-order valence-corrected chi connectivity index (χ2v) is 6.42. The van der Waals surface area contributed by atoms with Crippen LogP contribution in [0.15, 0.2) is 45.5 Å². The molecule has 7 heteroatoms. The summed E-state index contributed by atoms with van der Waals surface area (Å²) in [6, 6.07) is 6.90. The average Bonchev–Trinajstić information content (AvgIpc) is 2.89. The van der Waals surface area contributed by atoms with Gasteiger partial charge < -0.3 is 5.73 Å². The third-order valence-corrected chi connectivity index (χ3v) is 4.97. The topological polar surface area (TPSA) is 60.4 Å². The van der Waals surface area contributed by atoms with Crippen molar-refractivity contribution in [3.63, 3.8) is 0 Å². The smallest absolute Gasteiger partial charge is 0.258 e. The molecule has 3 aromatic rings. The quantitative estimate of drug-likeness (QED) is 0.593. The van der Waals surface area contributed by atoms with Gasteiger partial charge in [-0.15, -0.1) is 23.1 Å². The number of thioether (sulfide) groups is 1. The van der Waals surface area contributed by atoms with Gasteiger partial charge in [0.2, 0.25) is 0 Å². The van der Waals surface area contributed by atoms with E-state index in [0.717, 1.165) is 10.6 Å². The highest BCUT2D eigenvalue weighted by Crippen LogP contribution is 2.30. The highest BCUT2D eigenvalue weighted by atomic mass is 35.5. The second-order valence-electron chi connectivity index (χ2n) is 4.12. The zero-order valence-corrected chi connectivity index (χ0v) is 12.6. The van der Waals surface area contributed by atoms with Crippen molar-refractivity contribution >= 4 is 45.3 Å². The molecule has 0 atom stereocenters. The highest BCUT2D eigenvalue weighted by Gasteiger charge is 2.06. The van der Waals surface area contributed by atoms with E-state index in [1.54, 1.807) is 24.4 Å². The largest absolute Gasteiger partial charge is 0.399 e. The van der Waals surface area contributed by atoms with Crippen LogP contribution in [0.3, 0.4) is 0 Å². The van der Waals surface area contributed by atoms with Gasteiger partial charge in [-0.3, -0.25) is 9.20 Å². The SMILES string of the molecule is Nc1ccc(Cl)c(SCc2cc(=O)n3ccsc3n2)c1. The summed E-state index contributed by atoms with van der Waals surface area (Å²) in [5, 5.41) is 2.49. The van der Waals surface area contributed by atoms with Crippen molar-refractivity contribution in [2.24, 2.45) is 0 Å². The molecule has 0 radical (unpaired) electrons. The van der Waals surface area contributed by atoms with Crippen LogP contribution in [-0.4, -0.2) is 9.38 Å². The Kier molecular flexibility index (Phi) is 3.69. The summed E-state index contributed by atoms with van der Waals surface area (Å²) in [6.45, 7) is 0. The van der Waals surface area contributed by atoms with Crippen LogP contribution in [0.5, 0.6) is 0 Å². The Morgan fingerprint density at radius 1 is 1.40 bits per heavy atom. The Labute approximate surface area is 128 Å². The van der Waals surface area contributed by atoms with E-state index in [2.05, 4.69) is 4.98 Å². The number of aromatic nitrogens is 2. The molecule has 0 unspecified atom stereocenters. The Morgan fingerprint density at radius 2 is 2.25 bits per heavy atom. The first-order valence-electron chi connectivity index (χ1n) is 5.77. The highest BCUT2D eigenvalue weighted by molar-refractivity contribution is 7.98. The van der Waals surface area contributed by atoms with Gasteiger partial charge in [0.05, 0.1) is 10.7 Å². The van der Waals surface area contributed by atoms with E-state index in [4.69, 9.17) is 17.3 Å². The minimum absolute atomic E-state index is 0.0643. The molecule has 0 saturated carbocycles. The molecule has 0 amide bonds. The van der Waals surface area contributed by atoms with Gasteiger partial charge in [-0.05, 0) is 18.2 Å². The van der Waals surface area contributed by atoms with Crippen LogP contribution in [0.2, 0.25) is 5.02 Å². The number of nitrogen functional groups attached to an aromatic ring is 1. The van der Waals surface area contributed by atoms with Gasteiger partial charge in [-0.25, -0.2) is 4.98 Å². The lowest BCUT2D eigenvalue weighted by atomic mass is 10.3. The Bertz CT molecular complexity index is 828. The van der Waals surface area contributed by atoms with Crippen LogP contribution in [-0.2, 0) is 5.75 Å². The standard InChI is InChI=1S/C13H10ClN3OS2/c14-10-2-1-8(15)5-11(10)20-7-9-6-12(18)17-3-4-19-13(17)16-9/h1-6H,7,15H2. The fraction of sp³-hybridized carbons (Fsp3) is 0.0769. The third kappa shape index (κ3) is 2.67. The molecule has 2 aromatic heterocycles. The molecule has 0 bridgehead atoms. The predicted octanol–water partition coefficient (Wildman–Crippen LogP) is 3.28. The first kappa shape index (κ1) is 13.5. The maximum atomic E-state index is 11.9. The van der Waals surface area contributed by atoms with E-state index in [1.165, 1.54) is 27.5 Å². The van der Waals surface area contributed by atoms with Gasteiger partial charge in [0, 0.05) is 34.0 Å². The summed E-state index contributed by atoms with van der Waals surface area (Å²) in [7, 11) is 0. The van der Waals surface area contributed by atoms with Crippen molar-refractivity contribution in [3.05, 3.63) is 56.9 Å². The molecule has 0 fully saturated rings. The molecule has 0 aliphatic rings. The third-order valence-electron chi connectivity index (χ3n) is 2.69. The number of fused-ring (bicyclic) bond motifs is 1. The van der Waals surface area contributed by atoms with Crippen molar-refractivity contribution in [3.8, 4) is 0 Å². The molecule has 0 spiro atoms. The van der Waals surface area contributed by atoms with E-state index in [9.17, 15) is 4.79 Å². The summed E-state index contributed by atoms with van der Waals surface area (Å²) < 4.78 is 1.53. The zero-order chi connectivity index (χ0) is 14.1. The lowest BCUT2D eigenvalue weighted by Crippen LogP contribution is -2.12. The number of thiazole rings is 1. The molecule has 0 aliphatic carbocycles. The first-order chi connectivity index (χ1) is 9.63. The first-order valence-corrected chi connectivity index (χ1v) is 8.01. The molecule has 0 saturated heterocycles.